The van der Waals surface area contributed by atoms with Crippen LogP contribution >= 0.6 is 11.3 Å². The van der Waals surface area contributed by atoms with Gasteiger partial charge in [0.05, 0.1) is 38.6 Å². The van der Waals surface area contributed by atoms with Gasteiger partial charge in [0.25, 0.3) is 5.78 Å². The number of aliphatic hydroxyl groups excluding tert-OH is 1. The number of methoxy groups -OCH3 is 3. The standard InChI is InChI=1S/C33H30N2O8S/c1-18-8-6-7-9-22(18)17-43-23-13-10-20(11-14-23)28(36)26-27(21-12-15-24(40-3)25(16-21)41-4)35(31(38)29(26)37)33-34-19(2)30(44-33)32(39)42-5/h6-16,27,36H,17H2,1-5H3/b28-26+. The van der Waals surface area contributed by atoms with Gasteiger partial charge in [0, 0.05) is 5.56 Å². The average Bonchev–Trinajstić information content (AvgIpc) is 3.55. The molecule has 1 N–H and O–H groups in total. The molecule has 0 bridgehead atoms. The second-order valence-electron chi connectivity index (χ2n) is 9.93. The van der Waals surface area contributed by atoms with Crippen LogP contribution in [0.25, 0.3) is 5.76 Å². The van der Waals surface area contributed by atoms with E-state index in [0.717, 1.165) is 22.5 Å². The molecule has 226 valence electrons. The second-order valence-corrected chi connectivity index (χ2v) is 10.9. The van der Waals surface area contributed by atoms with Gasteiger partial charge in [-0.25, -0.2) is 9.78 Å². The smallest absolute Gasteiger partial charge is 0.350 e. The van der Waals surface area contributed by atoms with E-state index in [4.69, 9.17) is 18.9 Å². The van der Waals surface area contributed by atoms with Crippen molar-refractivity contribution in [3.8, 4) is 17.2 Å². The number of carbonyl (C=O) groups excluding carboxylic acids is 3. The van der Waals surface area contributed by atoms with E-state index in [9.17, 15) is 19.5 Å². The maximum atomic E-state index is 13.6. The van der Waals surface area contributed by atoms with Gasteiger partial charge in [-0.15, -0.1) is 0 Å². The van der Waals surface area contributed by atoms with E-state index in [0.29, 0.717) is 40.7 Å². The van der Waals surface area contributed by atoms with Crippen LogP contribution in [0.1, 0.15) is 43.7 Å². The SMILES string of the molecule is COC(=O)c1sc(N2C(=O)C(=O)/C(=C(/O)c3ccc(OCc4ccccc4C)cc3)C2c2ccc(OC)c(OC)c2)nc1C. The zero-order chi connectivity index (χ0) is 31.5. The average molecular weight is 615 g/mol. The first-order valence-corrected chi connectivity index (χ1v) is 14.4. The third-order valence-electron chi connectivity index (χ3n) is 7.31. The summed E-state index contributed by atoms with van der Waals surface area (Å²) in [6, 6.07) is 18.3. The van der Waals surface area contributed by atoms with Crippen molar-refractivity contribution < 1.29 is 38.4 Å². The van der Waals surface area contributed by atoms with Crippen molar-refractivity contribution >= 4 is 39.9 Å². The first-order valence-electron chi connectivity index (χ1n) is 13.5. The Morgan fingerprint density at radius 3 is 2.32 bits per heavy atom. The quantitative estimate of drug-likeness (QED) is 0.108. The highest BCUT2D eigenvalue weighted by atomic mass is 32.1. The number of ether oxygens (including phenoxy) is 4. The summed E-state index contributed by atoms with van der Waals surface area (Å²) in [4.78, 5) is 45.3. The molecule has 0 saturated carbocycles. The molecule has 0 radical (unpaired) electrons. The number of anilines is 1. The highest BCUT2D eigenvalue weighted by molar-refractivity contribution is 7.17. The molecule has 1 aliphatic rings. The Balaban J connectivity index is 1.58. The maximum absolute atomic E-state index is 13.6. The van der Waals surface area contributed by atoms with Crippen LogP contribution in [-0.4, -0.2) is 49.1 Å². The molecule has 1 atom stereocenters. The lowest BCUT2D eigenvalue weighted by atomic mass is 9.95. The summed E-state index contributed by atoms with van der Waals surface area (Å²) in [5.41, 5.74) is 3.10. The molecule has 10 nitrogen and oxygen atoms in total. The van der Waals surface area contributed by atoms with Gasteiger partial charge in [-0.1, -0.05) is 41.7 Å². The molecule has 2 heterocycles. The largest absolute Gasteiger partial charge is 0.507 e. The highest BCUT2D eigenvalue weighted by Gasteiger charge is 2.48. The first kappa shape index (κ1) is 30.3. The van der Waals surface area contributed by atoms with Gasteiger partial charge in [0.1, 0.15) is 23.0 Å². The monoisotopic (exact) mass is 614 g/mol. The number of aromatic nitrogens is 1. The van der Waals surface area contributed by atoms with Crippen LogP contribution in [0.15, 0.2) is 72.3 Å². The summed E-state index contributed by atoms with van der Waals surface area (Å²) in [6.07, 6.45) is 0. The molecule has 1 saturated heterocycles. The van der Waals surface area contributed by atoms with Crippen LogP contribution < -0.4 is 19.1 Å². The molecule has 0 aliphatic carbocycles. The topological polar surface area (TPSA) is 124 Å². The van der Waals surface area contributed by atoms with E-state index in [1.54, 1.807) is 49.4 Å². The number of ketones is 1. The number of Topliss-reactive ketones (excluding diaryl/α,β-unsaturated/α-hetero) is 1. The van der Waals surface area contributed by atoms with Crippen molar-refractivity contribution in [2.24, 2.45) is 0 Å². The van der Waals surface area contributed by atoms with E-state index >= 15 is 0 Å². The van der Waals surface area contributed by atoms with Crippen molar-refractivity contribution in [3.63, 3.8) is 0 Å². The Bertz CT molecular complexity index is 1780. The number of carbonyl (C=O) groups is 3. The van der Waals surface area contributed by atoms with Crippen molar-refractivity contribution in [1.29, 1.82) is 0 Å². The Labute approximate surface area is 258 Å². The number of esters is 1. The van der Waals surface area contributed by atoms with Crippen LogP contribution in [0, 0.1) is 13.8 Å². The number of rotatable bonds is 9. The van der Waals surface area contributed by atoms with Gasteiger partial charge < -0.3 is 24.1 Å². The second kappa shape index (κ2) is 12.6. The fourth-order valence-electron chi connectivity index (χ4n) is 4.93. The van der Waals surface area contributed by atoms with Gasteiger partial charge in [-0.3, -0.25) is 14.5 Å². The van der Waals surface area contributed by atoms with E-state index in [1.807, 2.05) is 31.2 Å². The zero-order valence-electron chi connectivity index (χ0n) is 24.7. The number of hydrogen-bond donors (Lipinski definition) is 1. The van der Waals surface area contributed by atoms with Crippen LogP contribution in [0.5, 0.6) is 17.2 Å². The Hall–Kier alpha value is -5.16. The lowest BCUT2D eigenvalue weighted by Gasteiger charge is -2.23. The molecule has 11 heteroatoms. The number of benzene rings is 3. The van der Waals surface area contributed by atoms with Crippen LogP contribution in [0.2, 0.25) is 0 Å². The number of aliphatic hydroxyl groups is 1. The summed E-state index contributed by atoms with van der Waals surface area (Å²) >= 11 is 0.918. The molecule has 0 spiro atoms. The van der Waals surface area contributed by atoms with Gasteiger partial charge in [-0.05, 0) is 66.9 Å². The number of thiazole rings is 1. The van der Waals surface area contributed by atoms with Crippen LogP contribution in [0.3, 0.4) is 0 Å². The maximum Gasteiger partial charge on any atom is 0.350 e. The Morgan fingerprint density at radius 1 is 0.955 bits per heavy atom. The van der Waals surface area contributed by atoms with Gasteiger partial charge >= 0.3 is 11.9 Å². The molecule has 44 heavy (non-hydrogen) atoms. The zero-order valence-corrected chi connectivity index (χ0v) is 25.6. The third kappa shape index (κ3) is 5.61. The molecule has 3 aromatic carbocycles. The first-order chi connectivity index (χ1) is 21.2. The minimum absolute atomic E-state index is 0.101. The Morgan fingerprint density at radius 2 is 1.66 bits per heavy atom. The van der Waals surface area contributed by atoms with Gasteiger partial charge in [0.2, 0.25) is 0 Å². The number of nitrogens with zero attached hydrogens (tertiary/aromatic N) is 2. The normalized spacial score (nSPS) is 15.8. The lowest BCUT2D eigenvalue weighted by molar-refractivity contribution is -0.132. The minimum atomic E-state index is -1.09. The van der Waals surface area contributed by atoms with E-state index in [1.165, 1.54) is 26.2 Å². The summed E-state index contributed by atoms with van der Waals surface area (Å²) in [7, 11) is 4.20. The van der Waals surface area contributed by atoms with E-state index in [-0.39, 0.29) is 21.3 Å². The van der Waals surface area contributed by atoms with Crippen LogP contribution in [-0.2, 0) is 20.9 Å². The predicted molar refractivity (Wildman–Crippen MR) is 164 cm³/mol. The molecular weight excluding hydrogens is 584 g/mol. The summed E-state index contributed by atoms with van der Waals surface area (Å²) in [6.45, 7) is 3.98. The van der Waals surface area contributed by atoms with Crippen molar-refractivity contribution in [1.82, 2.24) is 4.98 Å². The van der Waals surface area contributed by atoms with Crippen molar-refractivity contribution in [3.05, 3.63) is 105 Å². The number of aryl methyl sites for hydroxylation is 2. The van der Waals surface area contributed by atoms with Crippen LogP contribution in [0.4, 0.5) is 5.13 Å². The lowest BCUT2D eigenvalue weighted by Crippen LogP contribution is -2.29. The van der Waals surface area contributed by atoms with Crippen molar-refractivity contribution in [2.45, 2.75) is 26.5 Å². The summed E-state index contributed by atoms with van der Waals surface area (Å²) in [5, 5.41) is 11.6. The number of hydrogen-bond acceptors (Lipinski definition) is 10. The molecule has 1 unspecified atom stereocenters. The van der Waals surface area contributed by atoms with Gasteiger partial charge in [-0.2, -0.15) is 0 Å². The van der Waals surface area contributed by atoms with E-state index in [2.05, 4.69) is 4.98 Å². The summed E-state index contributed by atoms with van der Waals surface area (Å²) < 4.78 is 21.6. The van der Waals surface area contributed by atoms with Crippen molar-refractivity contribution in [2.75, 3.05) is 26.2 Å². The molecule has 1 amide bonds. The molecule has 1 fully saturated rings. The molecule has 1 aromatic heterocycles. The fourth-order valence-corrected chi connectivity index (χ4v) is 5.94. The Kier molecular flexibility index (Phi) is 8.68. The highest BCUT2D eigenvalue weighted by Crippen LogP contribution is 2.45. The molecule has 5 rings (SSSR count). The predicted octanol–water partition coefficient (Wildman–Crippen LogP) is 5.77. The minimum Gasteiger partial charge on any atom is -0.507 e. The molecule has 4 aromatic rings. The van der Waals surface area contributed by atoms with Gasteiger partial charge in [0.15, 0.2) is 16.6 Å². The number of amides is 1. The molecule has 1 aliphatic heterocycles. The summed E-state index contributed by atoms with van der Waals surface area (Å²) in [5.74, 6) is -1.45. The van der Waals surface area contributed by atoms with E-state index < -0.39 is 23.7 Å². The third-order valence-corrected chi connectivity index (χ3v) is 8.45. The fraction of sp³-hybridized carbons (Fsp3) is 0.212. The molecular formula is C33H30N2O8S.